The summed E-state index contributed by atoms with van der Waals surface area (Å²) in [7, 11) is 1.68. The molecule has 112 valence electrons. The second kappa shape index (κ2) is 7.53. The highest BCUT2D eigenvalue weighted by Gasteiger charge is 2.29. The van der Waals surface area contributed by atoms with Crippen LogP contribution in [-0.4, -0.2) is 26.3 Å². The summed E-state index contributed by atoms with van der Waals surface area (Å²) in [5, 5.41) is 2.48. The lowest BCUT2D eigenvalue weighted by Gasteiger charge is -2.32. The third-order valence-electron chi connectivity index (χ3n) is 4.69. The number of hydrogen-bond acceptors (Lipinski definition) is 2. The molecule has 0 aromatic heterocycles. The summed E-state index contributed by atoms with van der Waals surface area (Å²) in [6.07, 6.45) is 4.13. The van der Waals surface area contributed by atoms with Crippen LogP contribution in [0.15, 0.2) is 24.3 Å². The lowest BCUT2D eigenvalue weighted by molar-refractivity contribution is -0.699. The second-order valence-electron chi connectivity index (χ2n) is 5.98. The van der Waals surface area contributed by atoms with Crippen LogP contribution < -0.4 is 14.8 Å². The highest BCUT2D eigenvalue weighted by atomic mass is 16.5. The van der Waals surface area contributed by atoms with E-state index in [1.54, 1.807) is 7.11 Å². The van der Waals surface area contributed by atoms with Crippen molar-refractivity contribution in [1.29, 1.82) is 0 Å². The highest BCUT2D eigenvalue weighted by molar-refractivity contribution is 5.31. The summed E-state index contributed by atoms with van der Waals surface area (Å²) in [5.41, 5.74) is 0. The van der Waals surface area contributed by atoms with E-state index in [2.05, 4.69) is 19.2 Å². The Morgan fingerprint density at radius 1 is 1.10 bits per heavy atom. The first-order chi connectivity index (χ1) is 9.70. The average molecular weight is 278 g/mol. The van der Waals surface area contributed by atoms with Crippen molar-refractivity contribution in [3.05, 3.63) is 24.3 Å². The maximum Gasteiger partial charge on any atom is 0.137 e. The molecule has 1 fully saturated rings. The first-order valence-corrected chi connectivity index (χ1v) is 7.81. The monoisotopic (exact) mass is 278 g/mol. The van der Waals surface area contributed by atoms with Crippen LogP contribution in [0.5, 0.6) is 11.5 Å². The number of ether oxygens (including phenoxy) is 2. The molecule has 2 rings (SSSR count). The van der Waals surface area contributed by atoms with Crippen LogP contribution in [0.2, 0.25) is 0 Å². The van der Waals surface area contributed by atoms with Crippen molar-refractivity contribution >= 4 is 0 Å². The van der Waals surface area contributed by atoms with Gasteiger partial charge in [0.15, 0.2) is 0 Å². The number of benzene rings is 1. The van der Waals surface area contributed by atoms with Crippen molar-refractivity contribution in [3.63, 3.8) is 0 Å². The molecule has 1 aliphatic rings. The van der Waals surface area contributed by atoms with E-state index in [0.717, 1.165) is 42.5 Å². The topological polar surface area (TPSA) is 35.1 Å². The van der Waals surface area contributed by atoms with Crippen molar-refractivity contribution in [2.75, 3.05) is 20.3 Å². The number of methoxy groups -OCH3 is 1. The Labute approximate surface area is 122 Å². The van der Waals surface area contributed by atoms with E-state index < -0.39 is 0 Å². The summed E-state index contributed by atoms with van der Waals surface area (Å²) in [6, 6.07) is 8.57. The van der Waals surface area contributed by atoms with Gasteiger partial charge in [-0.05, 0) is 49.4 Å². The minimum absolute atomic E-state index is 0.768. The first kappa shape index (κ1) is 15.2. The van der Waals surface area contributed by atoms with E-state index in [0.29, 0.717) is 0 Å². The standard InChI is InChI=1S/C17H27NO2/c1-13-5-4-6-17(14(13)2)18-11-12-20-16-9-7-15(19-3)8-10-16/h7-10,13-14,17-18H,4-6,11-12H2,1-3H3/p+1/t13-,14-,17+/m1/s1. The van der Waals surface area contributed by atoms with Gasteiger partial charge < -0.3 is 14.8 Å². The van der Waals surface area contributed by atoms with Gasteiger partial charge in [-0.15, -0.1) is 0 Å². The molecule has 1 aliphatic carbocycles. The minimum Gasteiger partial charge on any atom is -0.497 e. The van der Waals surface area contributed by atoms with Crippen LogP contribution in [0.1, 0.15) is 33.1 Å². The molecule has 1 aromatic carbocycles. The van der Waals surface area contributed by atoms with Crippen LogP contribution in [0.25, 0.3) is 0 Å². The molecule has 0 heterocycles. The smallest absolute Gasteiger partial charge is 0.137 e. The Kier molecular flexibility index (Phi) is 5.72. The molecular weight excluding hydrogens is 250 g/mol. The molecule has 3 nitrogen and oxygen atoms in total. The Balaban J connectivity index is 1.68. The maximum absolute atomic E-state index is 5.77. The van der Waals surface area contributed by atoms with E-state index in [4.69, 9.17) is 9.47 Å². The van der Waals surface area contributed by atoms with Gasteiger partial charge in [-0.25, -0.2) is 0 Å². The van der Waals surface area contributed by atoms with Crippen LogP contribution in [0.4, 0.5) is 0 Å². The van der Waals surface area contributed by atoms with E-state index in [1.165, 1.54) is 19.3 Å². The molecule has 2 N–H and O–H groups in total. The van der Waals surface area contributed by atoms with Gasteiger partial charge in [-0.2, -0.15) is 0 Å². The van der Waals surface area contributed by atoms with Gasteiger partial charge in [0.05, 0.1) is 13.2 Å². The molecule has 3 atom stereocenters. The second-order valence-corrected chi connectivity index (χ2v) is 5.98. The molecule has 0 spiro atoms. The maximum atomic E-state index is 5.77. The van der Waals surface area contributed by atoms with Crippen LogP contribution in [-0.2, 0) is 0 Å². The quantitative estimate of drug-likeness (QED) is 0.811. The summed E-state index contributed by atoms with van der Waals surface area (Å²) >= 11 is 0. The zero-order valence-corrected chi connectivity index (χ0v) is 13.0. The summed E-state index contributed by atoms with van der Waals surface area (Å²) in [5.74, 6) is 3.48. The van der Waals surface area contributed by atoms with E-state index >= 15 is 0 Å². The summed E-state index contributed by atoms with van der Waals surface area (Å²) in [4.78, 5) is 0. The molecule has 0 aliphatic heterocycles. The summed E-state index contributed by atoms with van der Waals surface area (Å²) in [6.45, 7) is 6.59. The van der Waals surface area contributed by atoms with Gasteiger partial charge in [0.25, 0.3) is 0 Å². The molecule has 20 heavy (non-hydrogen) atoms. The Hall–Kier alpha value is -1.22. The molecular formula is C17H28NO2+. The molecule has 0 amide bonds. The lowest BCUT2D eigenvalue weighted by Crippen LogP contribution is -2.92. The van der Waals surface area contributed by atoms with Crippen molar-refractivity contribution in [3.8, 4) is 11.5 Å². The zero-order chi connectivity index (χ0) is 14.4. The molecule has 0 unspecified atom stereocenters. The van der Waals surface area contributed by atoms with Crippen LogP contribution in [0.3, 0.4) is 0 Å². The molecule has 1 saturated carbocycles. The highest BCUT2D eigenvalue weighted by Crippen LogP contribution is 2.27. The van der Waals surface area contributed by atoms with Gasteiger partial charge in [-0.1, -0.05) is 13.8 Å². The van der Waals surface area contributed by atoms with Crippen molar-refractivity contribution in [1.82, 2.24) is 0 Å². The third kappa shape index (κ3) is 4.14. The molecule has 0 radical (unpaired) electrons. The van der Waals surface area contributed by atoms with Crippen molar-refractivity contribution in [2.45, 2.75) is 39.2 Å². The van der Waals surface area contributed by atoms with Gasteiger partial charge in [0, 0.05) is 5.92 Å². The normalized spacial score (nSPS) is 26.2. The Bertz CT molecular complexity index is 390. The predicted octanol–water partition coefficient (Wildman–Crippen LogP) is 2.46. The summed E-state index contributed by atoms with van der Waals surface area (Å²) < 4.78 is 10.9. The SMILES string of the molecule is COc1ccc(OCC[NH2+][C@H]2CCC[C@@H](C)[C@H]2C)cc1. The third-order valence-corrected chi connectivity index (χ3v) is 4.69. The number of quaternary nitrogens is 1. The van der Waals surface area contributed by atoms with E-state index in [1.807, 2.05) is 24.3 Å². The average Bonchev–Trinajstić information content (AvgIpc) is 2.48. The Morgan fingerprint density at radius 3 is 2.50 bits per heavy atom. The first-order valence-electron chi connectivity index (χ1n) is 7.81. The largest absolute Gasteiger partial charge is 0.497 e. The molecule has 0 saturated heterocycles. The predicted molar refractivity (Wildman–Crippen MR) is 81.2 cm³/mol. The van der Waals surface area contributed by atoms with E-state index in [-0.39, 0.29) is 0 Å². The van der Waals surface area contributed by atoms with Crippen molar-refractivity contribution < 1.29 is 14.8 Å². The lowest BCUT2D eigenvalue weighted by atomic mass is 9.78. The minimum atomic E-state index is 0.768. The van der Waals surface area contributed by atoms with Crippen molar-refractivity contribution in [2.24, 2.45) is 11.8 Å². The van der Waals surface area contributed by atoms with Gasteiger partial charge in [0.2, 0.25) is 0 Å². The molecule has 3 heteroatoms. The fourth-order valence-corrected chi connectivity index (χ4v) is 3.09. The van der Waals surface area contributed by atoms with Crippen LogP contribution >= 0.6 is 0 Å². The zero-order valence-electron chi connectivity index (χ0n) is 13.0. The number of rotatable bonds is 6. The molecule has 1 aromatic rings. The van der Waals surface area contributed by atoms with Gasteiger partial charge in [-0.3, -0.25) is 0 Å². The van der Waals surface area contributed by atoms with E-state index in [9.17, 15) is 0 Å². The Morgan fingerprint density at radius 2 is 1.80 bits per heavy atom. The fourth-order valence-electron chi connectivity index (χ4n) is 3.09. The number of hydrogen-bond donors (Lipinski definition) is 1. The van der Waals surface area contributed by atoms with Gasteiger partial charge in [0.1, 0.15) is 24.7 Å². The van der Waals surface area contributed by atoms with Gasteiger partial charge >= 0.3 is 0 Å². The van der Waals surface area contributed by atoms with Crippen LogP contribution in [0, 0.1) is 11.8 Å². The molecule has 0 bridgehead atoms. The number of nitrogens with two attached hydrogens (primary N) is 1. The fraction of sp³-hybridized carbons (Fsp3) is 0.647.